The molecule has 5 nitrogen and oxygen atoms in total. The minimum absolute atomic E-state index is 0.0737. The number of hydrogen-bond donors (Lipinski definition) is 0. The molecule has 31 heavy (non-hydrogen) atoms. The fourth-order valence-corrected chi connectivity index (χ4v) is 4.58. The number of carbonyl (C=O) groups is 2. The summed E-state index contributed by atoms with van der Waals surface area (Å²) in [6, 6.07) is 19.4. The second-order valence-corrected chi connectivity index (χ2v) is 8.44. The summed E-state index contributed by atoms with van der Waals surface area (Å²) in [5, 5.41) is 0. The number of hydrogen-bond acceptors (Lipinski definition) is 3. The first-order chi connectivity index (χ1) is 15.1. The van der Waals surface area contributed by atoms with Gasteiger partial charge < -0.3 is 9.80 Å². The molecule has 2 aromatic carbocycles. The maximum Gasteiger partial charge on any atom is 0.327 e. The third-order valence-corrected chi connectivity index (χ3v) is 6.30. The van der Waals surface area contributed by atoms with Crippen molar-refractivity contribution in [1.29, 1.82) is 0 Å². The molecular weight excluding hydrogens is 386 g/mol. The Morgan fingerprint density at radius 2 is 1.58 bits per heavy atom. The number of rotatable bonds is 9. The van der Waals surface area contributed by atoms with Gasteiger partial charge in [0.05, 0.1) is 6.54 Å². The van der Waals surface area contributed by atoms with E-state index in [0.29, 0.717) is 19.5 Å². The van der Waals surface area contributed by atoms with E-state index in [-0.39, 0.29) is 11.9 Å². The van der Waals surface area contributed by atoms with Gasteiger partial charge in [-0.3, -0.25) is 9.69 Å². The van der Waals surface area contributed by atoms with E-state index in [1.54, 1.807) is 4.90 Å². The van der Waals surface area contributed by atoms with Gasteiger partial charge in [-0.25, -0.2) is 4.79 Å². The Morgan fingerprint density at radius 1 is 0.903 bits per heavy atom. The molecule has 2 aliphatic heterocycles. The Kier molecular flexibility index (Phi) is 6.70. The van der Waals surface area contributed by atoms with Crippen LogP contribution in [0.5, 0.6) is 0 Å². The minimum Gasteiger partial charge on any atom is -0.375 e. The van der Waals surface area contributed by atoms with E-state index in [1.165, 1.54) is 16.2 Å². The number of imide groups is 1. The molecule has 2 aliphatic rings. The van der Waals surface area contributed by atoms with Crippen LogP contribution in [0.15, 0.2) is 72.9 Å². The zero-order valence-corrected chi connectivity index (χ0v) is 18.1. The predicted octanol–water partition coefficient (Wildman–Crippen LogP) is 4.45. The average Bonchev–Trinajstić information content (AvgIpc) is 3.30. The molecule has 0 bridgehead atoms. The fourth-order valence-electron chi connectivity index (χ4n) is 4.58. The van der Waals surface area contributed by atoms with Crippen LogP contribution in [0.4, 0.5) is 4.79 Å². The van der Waals surface area contributed by atoms with Gasteiger partial charge in [0.2, 0.25) is 0 Å². The first-order valence-corrected chi connectivity index (χ1v) is 11.3. The molecule has 0 radical (unpaired) electrons. The lowest BCUT2D eigenvalue weighted by Gasteiger charge is -2.24. The summed E-state index contributed by atoms with van der Waals surface area (Å²) in [4.78, 5) is 32.0. The summed E-state index contributed by atoms with van der Waals surface area (Å²) < 4.78 is 0. The number of likely N-dealkylation sites (tertiary alicyclic amines) is 1. The van der Waals surface area contributed by atoms with Gasteiger partial charge in [0, 0.05) is 25.3 Å². The molecule has 1 atom stereocenters. The number of carbonyl (C=O) groups excluding carboxylic acids is 2. The monoisotopic (exact) mass is 417 g/mol. The molecule has 162 valence electrons. The maximum absolute atomic E-state index is 13.3. The summed E-state index contributed by atoms with van der Waals surface area (Å²) in [6.45, 7) is 7.00. The van der Waals surface area contributed by atoms with Crippen molar-refractivity contribution >= 4 is 11.9 Å². The summed E-state index contributed by atoms with van der Waals surface area (Å²) in [6.07, 6.45) is 4.49. The van der Waals surface area contributed by atoms with Crippen molar-refractivity contribution in [2.75, 3.05) is 19.6 Å². The van der Waals surface area contributed by atoms with Crippen molar-refractivity contribution in [1.82, 2.24) is 14.7 Å². The van der Waals surface area contributed by atoms with Crippen molar-refractivity contribution in [2.24, 2.45) is 0 Å². The van der Waals surface area contributed by atoms with Crippen molar-refractivity contribution in [2.45, 2.75) is 44.7 Å². The van der Waals surface area contributed by atoms with Crippen molar-refractivity contribution in [3.05, 3.63) is 84.1 Å². The molecule has 2 heterocycles. The topological polar surface area (TPSA) is 43.9 Å². The van der Waals surface area contributed by atoms with Crippen molar-refractivity contribution < 1.29 is 9.59 Å². The molecule has 0 aliphatic carbocycles. The fraction of sp³-hybridized carbons (Fsp3) is 0.385. The Balaban J connectivity index is 1.44. The SMILES string of the molecule is C=C1CCCN1CCCN1C(=O)N(Cc2ccccc2)C(=O)C1CCc1ccccc1. The molecule has 0 saturated carbocycles. The molecule has 0 spiro atoms. The lowest BCUT2D eigenvalue weighted by molar-refractivity contribution is -0.128. The third-order valence-electron chi connectivity index (χ3n) is 6.30. The highest BCUT2D eigenvalue weighted by Crippen LogP contribution is 2.25. The lowest BCUT2D eigenvalue weighted by atomic mass is 10.0. The number of nitrogens with zero attached hydrogens (tertiary/aromatic N) is 3. The van der Waals surface area contributed by atoms with Crippen LogP contribution in [0.25, 0.3) is 0 Å². The number of benzene rings is 2. The molecule has 5 heteroatoms. The zero-order valence-electron chi connectivity index (χ0n) is 18.1. The molecular formula is C26H31N3O2. The van der Waals surface area contributed by atoms with Gasteiger partial charge in [-0.1, -0.05) is 67.2 Å². The van der Waals surface area contributed by atoms with Crippen molar-refractivity contribution in [3.8, 4) is 0 Å². The summed E-state index contributed by atoms with van der Waals surface area (Å²) >= 11 is 0. The highest BCUT2D eigenvalue weighted by Gasteiger charge is 2.44. The molecule has 2 saturated heterocycles. The average molecular weight is 418 g/mol. The molecule has 1 unspecified atom stereocenters. The van der Waals surface area contributed by atoms with Crippen LogP contribution in [0.3, 0.4) is 0 Å². The van der Waals surface area contributed by atoms with E-state index in [2.05, 4.69) is 23.6 Å². The molecule has 0 aromatic heterocycles. The standard InChI is InChI=1S/C26H31N3O2/c1-21-10-8-17-27(21)18-9-19-28-24(16-15-22-11-4-2-5-12-22)25(30)29(26(28)31)20-23-13-6-3-7-14-23/h2-7,11-14,24H,1,8-10,15-20H2. The second-order valence-electron chi connectivity index (χ2n) is 8.44. The van der Waals surface area contributed by atoms with Crippen LogP contribution in [-0.4, -0.2) is 52.3 Å². The largest absolute Gasteiger partial charge is 0.375 e. The van der Waals surface area contributed by atoms with Gasteiger partial charge in [-0.15, -0.1) is 0 Å². The van der Waals surface area contributed by atoms with E-state index in [4.69, 9.17) is 0 Å². The van der Waals surface area contributed by atoms with E-state index in [0.717, 1.165) is 44.3 Å². The van der Waals surface area contributed by atoms with Crippen LogP contribution in [-0.2, 0) is 17.8 Å². The highest BCUT2D eigenvalue weighted by atomic mass is 16.2. The van der Waals surface area contributed by atoms with E-state index >= 15 is 0 Å². The molecule has 2 aromatic rings. The summed E-state index contributed by atoms with van der Waals surface area (Å²) in [5.74, 6) is -0.0737. The normalized spacial score (nSPS) is 19.0. The van der Waals surface area contributed by atoms with E-state index in [1.807, 2.05) is 48.5 Å². The Morgan fingerprint density at radius 3 is 2.23 bits per heavy atom. The van der Waals surface area contributed by atoms with Gasteiger partial charge in [0.15, 0.2) is 0 Å². The Hall–Kier alpha value is -3.08. The highest BCUT2D eigenvalue weighted by molar-refractivity contribution is 6.04. The van der Waals surface area contributed by atoms with Gasteiger partial charge in [0.1, 0.15) is 6.04 Å². The quantitative estimate of drug-likeness (QED) is 0.566. The zero-order chi connectivity index (χ0) is 21.6. The first kappa shape index (κ1) is 21.2. The third kappa shape index (κ3) is 4.98. The number of amides is 3. The molecule has 0 N–H and O–H groups in total. The van der Waals surface area contributed by atoms with Crippen molar-refractivity contribution in [3.63, 3.8) is 0 Å². The van der Waals surface area contributed by atoms with Gasteiger partial charge in [0.25, 0.3) is 5.91 Å². The van der Waals surface area contributed by atoms with Crippen LogP contribution in [0.2, 0.25) is 0 Å². The van der Waals surface area contributed by atoms with Crippen LogP contribution >= 0.6 is 0 Å². The van der Waals surface area contributed by atoms with Gasteiger partial charge >= 0.3 is 6.03 Å². The second kappa shape index (κ2) is 9.82. The Bertz CT molecular complexity index is 913. The van der Waals surface area contributed by atoms with E-state index < -0.39 is 6.04 Å². The first-order valence-electron chi connectivity index (χ1n) is 11.3. The van der Waals surface area contributed by atoms with Gasteiger partial charge in [-0.05, 0) is 43.2 Å². The summed E-state index contributed by atoms with van der Waals surface area (Å²) in [5.41, 5.74) is 3.36. The number of urea groups is 1. The smallest absolute Gasteiger partial charge is 0.327 e. The molecule has 2 fully saturated rings. The van der Waals surface area contributed by atoms with Gasteiger partial charge in [-0.2, -0.15) is 0 Å². The van der Waals surface area contributed by atoms with Crippen LogP contribution in [0.1, 0.15) is 36.8 Å². The summed E-state index contributed by atoms with van der Waals surface area (Å²) in [7, 11) is 0. The predicted molar refractivity (Wildman–Crippen MR) is 122 cm³/mol. The number of aryl methyl sites for hydroxylation is 1. The lowest BCUT2D eigenvalue weighted by Crippen LogP contribution is -2.37. The minimum atomic E-state index is -0.391. The van der Waals surface area contributed by atoms with Crippen LogP contribution < -0.4 is 0 Å². The van der Waals surface area contributed by atoms with E-state index in [9.17, 15) is 9.59 Å². The van der Waals surface area contributed by atoms with Crippen LogP contribution in [0, 0.1) is 0 Å². The molecule has 3 amide bonds. The maximum atomic E-state index is 13.3. The Labute approximate surface area is 184 Å². The molecule has 4 rings (SSSR count). The number of allylic oxidation sites excluding steroid dienone is 1.